The fourth-order valence-electron chi connectivity index (χ4n) is 0.612. The van der Waals surface area contributed by atoms with E-state index in [0.717, 1.165) is 6.08 Å². The van der Waals surface area contributed by atoms with Gasteiger partial charge in [0.25, 0.3) is 0 Å². The van der Waals surface area contributed by atoms with Gasteiger partial charge in [-0.25, -0.2) is 19.4 Å². The van der Waals surface area contributed by atoms with Crippen molar-refractivity contribution in [1.82, 2.24) is 0 Å². The molecule has 1 unspecified atom stereocenters. The van der Waals surface area contributed by atoms with Gasteiger partial charge in [0.2, 0.25) is 0 Å². The molecule has 0 saturated heterocycles. The minimum Gasteiger partial charge on any atom is -0.393 e. The van der Waals surface area contributed by atoms with E-state index in [1.807, 2.05) is 0 Å². The Labute approximate surface area is 81.6 Å². The summed E-state index contributed by atoms with van der Waals surface area (Å²) in [6.45, 7) is 7.94. The molecule has 0 aliphatic rings. The minimum absolute atomic E-state index is 0.0249. The molecule has 0 heterocycles. The van der Waals surface area contributed by atoms with E-state index >= 15 is 0 Å². The Bertz CT molecular complexity index is 254. The zero-order valence-electron chi connectivity index (χ0n) is 7.86. The third-order valence-electron chi connectivity index (χ3n) is 1.20. The lowest BCUT2D eigenvalue weighted by molar-refractivity contribution is -0.251. The number of aliphatic hydroxyl groups is 1. The van der Waals surface area contributed by atoms with Crippen LogP contribution in [-0.4, -0.2) is 23.1 Å². The minimum atomic E-state index is -0.888. The van der Waals surface area contributed by atoms with Crippen LogP contribution in [0, 0.1) is 0 Å². The Morgan fingerprint density at radius 3 is 2.50 bits per heavy atom. The molecule has 0 fully saturated rings. The van der Waals surface area contributed by atoms with Gasteiger partial charge in [-0.1, -0.05) is 13.2 Å². The van der Waals surface area contributed by atoms with Crippen LogP contribution in [0.25, 0.3) is 0 Å². The Balaban J connectivity index is 3.90. The first-order chi connectivity index (χ1) is 6.47. The zero-order valence-corrected chi connectivity index (χ0v) is 7.86. The Morgan fingerprint density at radius 2 is 2.07 bits per heavy atom. The molecule has 78 valence electrons. The maximum absolute atomic E-state index is 11.0. The quantitative estimate of drug-likeness (QED) is 0.406. The van der Waals surface area contributed by atoms with Gasteiger partial charge in [0.15, 0.2) is 0 Å². The summed E-state index contributed by atoms with van der Waals surface area (Å²) in [5, 5.41) is 8.90. The SMILES string of the molecule is C=CC(=O)OOC(=O)C(=C)CC(C)O. The van der Waals surface area contributed by atoms with E-state index in [1.165, 1.54) is 6.92 Å². The molecule has 0 spiro atoms. The fraction of sp³-hybridized carbons (Fsp3) is 0.333. The highest BCUT2D eigenvalue weighted by Gasteiger charge is 2.13. The van der Waals surface area contributed by atoms with Gasteiger partial charge >= 0.3 is 11.9 Å². The smallest absolute Gasteiger partial charge is 0.381 e. The van der Waals surface area contributed by atoms with Gasteiger partial charge in [0.1, 0.15) is 0 Å². The molecule has 1 atom stereocenters. The van der Waals surface area contributed by atoms with E-state index in [0.29, 0.717) is 0 Å². The molecule has 0 aromatic heterocycles. The van der Waals surface area contributed by atoms with Crippen molar-refractivity contribution in [3.8, 4) is 0 Å². The van der Waals surface area contributed by atoms with Crippen molar-refractivity contribution in [3.05, 3.63) is 24.8 Å². The first-order valence-corrected chi connectivity index (χ1v) is 3.88. The molecule has 0 amide bonds. The summed E-state index contributed by atoms with van der Waals surface area (Å²) in [5.74, 6) is -1.76. The average molecular weight is 200 g/mol. The monoisotopic (exact) mass is 200 g/mol. The molecule has 0 aromatic carbocycles. The molecular formula is C9H12O5. The maximum Gasteiger partial charge on any atom is 0.381 e. The summed E-state index contributed by atoms with van der Waals surface area (Å²) in [6, 6.07) is 0. The fourth-order valence-corrected chi connectivity index (χ4v) is 0.612. The highest BCUT2D eigenvalue weighted by atomic mass is 17.2. The molecule has 0 saturated carbocycles. The first kappa shape index (κ1) is 12.4. The van der Waals surface area contributed by atoms with Gasteiger partial charge in [0, 0.05) is 18.1 Å². The van der Waals surface area contributed by atoms with Crippen LogP contribution in [0.5, 0.6) is 0 Å². The first-order valence-electron chi connectivity index (χ1n) is 3.88. The predicted molar refractivity (Wildman–Crippen MR) is 47.8 cm³/mol. The molecule has 0 rings (SSSR count). The van der Waals surface area contributed by atoms with Crippen molar-refractivity contribution in [2.75, 3.05) is 0 Å². The van der Waals surface area contributed by atoms with Gasteiger partial charge in [0.05, 0.1) is 6.10 Å². The standard InChI is InChI=1S/C9H12O5/c1-4-8(11)13-14-9(12)6(2)5-7(3)10/h4,7,10H,1-2,5H2,3H3. The molecule has 0 aliphatic carbocycles. The summed E-state index contributed by atoms with van der Waals surface area (Å²) in [7, 11) is 0. The lowest BCUT2D eigenvalue weighted by Crippen LogP contribution is -2.14. The van der Waals surface area contributed by atoms with E-state index in [-0.39, 0.29) is 12.0 Å². The summed E-state index contributed by atoms with van der Waals surface area (Å²) in [4.78, 5) is 29.5. The van der Waals surface area contributed by atoms with Crippen LogP contribution < -0.4 is 0 Å². The topological polar surface area (TPSA) is 72.8 Å². The van der Waals surface area contributed by atoms with Crippen LogP contribution in [0.2, 0.25) is 0 Å². The van der Waals surface area contributed by atoms with Crippen LogP contribution in [-0.2, 0) is 19.4 Å². The largest absolute Gasteiger partial charge is 0.393 e. The van der Waals surface area contributed by atoms with E-state index in [2.05, 4.69) is 22.9 Å². The van der Waals surface area contributed by atoms with E-state index in [1.54, 1.807) is 0 Å². The predicted octanol–water partition coefficient (Wildman–Crippen LogP) is 0.501. The van der Waals surface area contributed by atoms with Gasteiger partial charge in [-0.3, -0.25) is 0 Å². The summed E-state index contributed by atoms with van der Waals surface area (Å²) >= 11 is 0. The second-order valence-corrected chi connectivity index (χ2v) is 2.63. The van der Waals surface area contributed by atoms with Gasteiger partial charge in [-0.15, -0.1) is 0 Å². The Hall–Kier alpha value is -1.62. The van der Waals surface area contributed by atoms with Crippen molar-refractivity contribution in [2.24, 2.45) is 0 Å². The number of hydrogen-bond donors (Lipinski definition) is 1. The average Bonchev–Trinajstić information content (AvgIpc) is 2.12. The van der Waals surface area contributed by atoms with Crippen molar-refractivity contribution in [2.45, 2.75) is 19.4 Å². The number of hydrogen-bond acceptors (Lipinski definition) is 5. The van der Waals surface area contributed by atoms with Crippen LogP contribution in [0.15, 0.2) is 24.8 Å². The third-order valence-corrected chi connectivity index (χ3v) is 1.20. The molecule has 0 aliphatic heterocycles. The molecule has 0 aromatic rings. The van der Waals surface area contributed by atoms with E-state index in [9.17, 15) is 9.59 Å². The summed E-state index contributed by atoms with van der Waals surface area (Å²) in [6.07, 6.45) is 0.208. The molecule has 14 heavy (non-hydrogen) atoms. The Kier molecular flexibility index (Phi) is 5.24. The Morgan fingerprint density at radius 1 is 1.50 bits per heavy atom. The van der Waals surface area contributed by atoms with E-state index in [4.69, 9.17) is 5.11 Å². The zero-order chi connectivity index (χ0) is 11.1. The van der Waals surface area contributed by atoms with Crippen LogP contribution in [0.3, 0.4) is 0 Å². The lowest BCUT2D eigenvalue weighted by Gasteiger charge is -2.05. The second kappa shape index (κ2) is 5.93. The highest BCUT2D eigenvalue weighted by molar-refractivity contribution is 5.88. The third kappa shape index (κ3) is 5.10. The molecule has 5 nitrogen and oxygen atoms in total. The highest BCUT2D eigenvalue weighted by Crippen LogP contribution is 2.05. The van der Waals surface area contributed by atoms with Crippen LogP contribution >= 0.6 is 0 Å². The molecule has 5 heteroatoms. The van der Waals surface area contributed by atoms with Crippen molar-refractivity contribution in [1.29, 1.82) is 0 Å². The van der Waals surface area contributed by atoms with Gasteiger partial charge < -0.3 is 5.11 Å². The number of carbonyl (C=O) groups is 2. The van der Waals surface area contributed by atoms with E-state index < -0.39 is 18.0 Å². The number of aliphatic hydroxyl groups excluding tert-OH is 1. The molecule has 1 N–H and O–H groups in total. The molecular weight excluding hydrogens is 188 g/mol. The number of carbonyl (C=O) groups excluding carboxylic acids is 2. The lowest BCUT2D eigenvalue weighted by atomic mass is 10.1. The van der Waals surface area contributed by atoms with Crippen molar-refractivity contribution < 1.29 is 24.5 Å². The van der Waals surface area contributed by atoms with Crippen molar-refractivity contribution >= 4 is 11.9 Å². The maximum atomic E-state index is 11.0. The van der Waals surface area contributed by atoms with Gasteiger partial charge in [-0.2, -0.15) is 0 Å². The van der Waals surface area contributed by atoms with Crippen LogP contribution in [0.1, 0.15) is 13.3 Å². The molecule has 0 bridgehead atoms. The molecule has 0 radical (unpaired) electrons. The number of rotatable bonds is 4. The van der Waals surface area contributed by atoms with Gasteiger partial charge in [-0.05, 0) is 6.92 Å². The summed E-state index contributed by atoms with van der Waals surface area (Å²) < 4.78 is 0. The normalized spacial score (nSPS) is 11.3. The second-order valence-electron chi connectivity index (χ2n) is 2.63. The summed E-state index contributed by atoms with van der Waals surface area (Å²) in [5.41, 5.74) is 0.0249. The van der Waals surface area contributed by atoms with Crippen molar-refractivity contribution in [3.63, 3.8) is 0 Å². The van der Waals surface area contributed by atoms with Crippen LogP contribution in [0.4, 0.5) is 0 Å².